The summed E-state index contributed by atoms with van der Waals surface area (Å²) in [5.74, 6) is -0.243. The lowest BCUT2D eigenvalue weighted by molar-refractivity contribution is -0.115. The van der Waals surface area contributed by atoms with Crippen molar-refractivity contribution in [3.05, 3.63) is 100 Å². The largest absolute Gasteiger partial charge is 0.326 e. The second kappa shape index (κ2) is 9.36. The van der Waals surface area contributed by atoms with Gasteiger partial charge in [-0.05, 0) is 43.3 Å². The van der Waals surface area contributed by atoms with Crippen LogP contribution in [-0.2, 0) is 11.2 Å². The Balaban J connectivity index is 1.36. The van der Waals surface area contributed by atoms with Gasteiger partial charge in [0.2, 0.25) is 5.91 Å². The van der Waals surface area contributed by atoms with Gasteiger partial charge >= 0.3 is 0 Å². The van der Waals surface area contributed by atoms with E-state index in [0.717, 1.165) is 27.5 Å². The zero-order chi connectivity index (χ0) is 21.6. The van der Waals surface area contributed by atoms with Crippen molar-refractivity contribution in [2.45, 2.75) is 13.3 Å². The smallest absolute Gasteiger partial charge is 0.255 e. The molecule has 0 aliphatic heterocycles. The predicted octanol–water partition coefficient (Wildman–Crippen LogP) is 5.55. The molecule has 0 spiro atoms. The van der Waals surface area contributed by atoms with E-state index in [2.05, 4.69) is 15.6 Å². The molecule has 6 heteroatoms. The Bertz CT molecular complexity index is 1180. The maximum atomic E-state index is 12.3. The maximum absolute atomic E-state index is 12.3. The average molecular weight is 428 g/mol. The van der Waals surface area contributed by atoms with Crippen LogP contribution >= 0.6 is 11.3 Å². The lowest BCUT2D eigenvalue weighted by atomic mass is 10.1. The Hall–Kier alpha value is -3.77. The molecule has 0 fully saturated rings. The third-order valence-corrected chi connectivity index (χ3v) is 5.52. The van der Waals surface area contributed by atoms with Gasteiger partial charge in [0, 0.05) is 27.9 Å². The first-order chi connectivity index (χ1) is 15.1. The number of hydrogen-bond acceptors (Lipinski definition) is 4. The van der Waals surface area contributed by atoms with Gasteiger partial charge in [-0.3, -0.25) is 9.59 Å². The molecule has 4 rings (SSSR count). The van der Waals surface area contributed by atoms with E-state index < -0.39 is 0 Å². The first kappa shape index (κ1) is 20.5. The van der Waals surface area contributed by atoms with Crippen molar-refractivity contribution in [2.24, 2.45) is 0 Å². The summed E-state index contributed by atoms with van der Waals surface area (Å²) in [7, 11) is 0. The summed E-state index contributed by atoms with van der Waals surface area (Å²) in [4.78, 5) is 29.1. The van der Waals surface area contributed by atoms with Crippen LogP contribution in [0.1, 0.15) is 20.9 Å². The van der Waals surface area contributed by atoms with Crippen LogP contribution in [0.25, 0.3) is 11.3 Å². The maximum Gasteiger partial charge on any atom is 0.255 e. The topological polar surface area (TPSA) is 71.1 Å². The Morgan fingerprint density at radius 3 is 2.19 bits per heavy atom. The number of hydrogen-bond donors (Lipinski definition) is 2. The number of amides is 2. The fourth-order valence-electron chi connectivity index (χ4n) is 3.02. The van der Waals surface area contributed by atoms with Crippen LogP contribution in [0.15, 0.2) is 84.2 Å². The van der Waals surface area contributed by atoms with E-state index >= 15 is 0 Å². The SMILES string of the molecule is Cc1ccc(NC(=O)Cc2nc(-c3ccc(NC(=O)c4ccccc4)cc3)cs2)cc1. The highest BCUT2D eigenvalue weighted by atomic mass is 32.1. The van der Waals surface area contributed by atoms with Crippen molar-refractivity contribution < 1.29 is 9.59 Å². The highest BCUT2D eigenvalue weighted by Crippen LogP contribution is 2.24. The number of nitrogens with zero attached hydrogens (tertiary/aromatic N) is 1. The molecule has 4 aromatic rings. The van der Waals surface area contributed by atoms with Crippen LogP contribution < -0.4 is 10.6 Å². The number of aromatic nitrogens is 1. The number of thiazole rings is 1. The summed E-state index contributed by atoms with van der Waals surface area (Å²) in [6.45, 7) is 2.01. The lowest BCUT2D eigenvalue weighted by Crippen LogP contribution is -2.14. The summed E-state index contributed by atoms with van der Waals surface area (Å²) >= 11 is 1.46. The molecular weight excluding hydrogens is 406 g/mol. The Labute approximate surface area is 184 Å². The molecule has 0 saturated heterocycles. The minimum atomic E-state index is -0.149. The first-order valence-corrected chi connectivity index (χ1v) is 10.7. The number of benzene rings is 3. The van der Waals surface area contributed by atoms with Gasteiger partial charge in [0.25, 0.3) is 5.91 Å². The van der Waals surface area contributed by atoms with Crippen molar-refractivity contribution >= 4 is 34.5 Å². The molecule has 31 heavy (non-hydrogen) atoms. The van der Waals surface area contributed by atoms with Gasteiger partial charge < -0.3 is 10.6 Å². The number of nitrogens with one attached hydrogen (secondary N) is 2. The normalized spacial score (nSPS) is 10.5. The Morgan fingerprint density at radius 2 is 1.48 bits per heavy atom. The third-order valence-electron chi connectivity index (χ3n) is 4.67. The standard InChI is InChI=1S/C25H21N3O2S/c1-17-7-11-20(12-8-17)26-23(29)15-24-28-22(16-31-24)18-9-13-21(14-10-18)27-25(30)19-5-3-2-4-6-19/h2-14,16H,15H2,1H3,(H,26,29)(H,27,30). The first-order valence-electron chi connectivity index (χ1n) is 9.84. The number of anilines is 2. The van der Waals surface area contributed by atoms with Gasteiger partial charge in [-0.25, -0.2) is 4.98 Å². The molecule has 0 unspecified atom stereocenters. The molecule has 154 valence electrons. The molecule has 3 aromatic carbocycles. The molecule has 2 amide bonds. The molecule has 1 aromatic heterocycles. The van der Waals surface area contributed by atoms with E-state index in [1.807, 2.05) is 79.0 Å². The van der Waals surface area contributed by atoms with Gasteiger partial charge in [-0.1, -0.05) is 48.0 Å². The molecule has 0 saturated carbocycles. The summed E-state index contributed by atoms with van der Waals surface area (Å²) in [6, 6.07) is 24.3. The van der Waals surface area contributed by atoms with Crippen molar-refractivity contribution in [1.29, 1.82) is 0 Å². The summed E-state index contributed by atoms with van der Waals surface area (Å²) in [5.41, 5.74) is 4.99. The van der Waals surface area contributed by atoms with Gasteiger partial charge in [0.15, 0.2) is 0 Å². The van der Waals surface area contributed by atoms with Crippen LogP contribution in [0.3, 0.4) is 0 Å². The summed E-state index contributed by atoms with van der Waals surface area (Å²) < 4.78 is 0. The van der Waals surface area contributed by atoms with Crippen molar-refractivity contribution in [3.63, 3.8) is 0 Å². The minimum absolute atomic E-state index is 0.0938. The van der Waals surface area contributed by atoms with Crippen molar-refractivity contribution in [2.75, 3.05) is 10.6 Å². The molecule has 0 aliphatic rings. The average Bonchev–Trinajstić information content (AvgIpc) is 3.25. The van der Waals surface area contributed by atoms with Crippen LogP contribution in [0, 0.1) is 6.92 Å². The van der Waals surface area contributed by atoms with Gasteiger partial charge in [0.05, 0.1) is 12.1 Å². The molecule has 0 atom stereocenters. The fraction of sp³-hybridized carbons (Fsp3) is 0.0800. The van der Waals surface area contributed by atoms with Crippen LogP contribution in [0.5, 0.6) is 0 Å². The minimum Gasteiger partial charge on any atom is -0.326 e. The highest BCUT2D eigenvalue weighted by Gasteiger charge is 2.10. The van der Waals surface area contributed by atoms with Gasteiger partial charge in [-0.15, -0.1) is 11.3 Å². The zero-order valence-electron chi connectivity index (χ0n) is 17.0. The van der Waals surface area contributed by atoms with E-state index in [-0.39, 0.29) is 18.2 Å². The van der Waals surface area contributed by atoms with E-state index in [9.17, 15) is 9.59 Å². The lowest BCUT2D eigenvalue weighted by Gasteiger charge is -2.06. The van der Waals surface area contributed by atoms with Crippen LogP contribution in [-0.4, -0.2) is 16.8 Å². The third kappa shape index (κ3) is 5.43. The van der Waals surface area contributed by atoms with Crippen LogP contribution in [0.4, 0.5) is 11.4 Å². The Kier molecular flexibility index (Phi) is 6.19. The summed E-state index contributed by atoms with van der Waals surface area (Å²) in [6.07, 6.45) is 0.226. The number of carbonyl (C=O) groups is 2. The number of aryl methyl sites for hydroxylation is 1. The predicted molar refractivity (Wildman–Crippen MR) is 125 cm³/mol. The zero-order valence-corrected chi connectivity index (χ0v) is 17.8. The molecular formula is C25H21N3O2S. The van der Waals surface area contributed by atoms with E-state index in [1.54, 1.807) is 12.1 Å². The molecule has 2 N–H and O–H groups in total. The van der Waals surface area contributed by atoms with E-state index in [1.165, 1.54) is 11.3 Å². The van der Waals surface area contributed by atoms with E-state index in [4.69, 9.17) is 0 Å². The second-order valence-corrected chi connectivity index (χ2v) is 8.06. The molecule has 0 bridgehead atoms. The quantitative estimate of drug-likeness (QED) is 0.424. The summed E-state index contributed by atoms with van der Waals surface area (Å²) in [5, 5.41) is 8.47. The fourth-order valence-corrected chi connectivity index (χ4v) is 3.82. The molecule has 0 aliphatic carbocycles. The molecule has 5 nitrogen and oxygen atoms in total. The van der Waals surface area contributed by atoms with Gasteiger partial charge in [0.1, 0.15) is 5.01 Å². The number of carbonyl (C=O) groups excluding carboxylic acids is 2. The monoisotopic (exact) mass is 427 g/mol. The van der Waals surface area contributed by atoms with Crippen LogP contribution in [0.2, 0.25) is 0 Å². The van der Waals surface area contributed by atoms with Crippen molar-refractivity contribution in [1.82, 2.24) is 4.98 Å². The molecule has 0 radical (unpaired) electrons. The second-order valence-electron chi connectivity index (χ2n) is 7.11. The van der Waals surface area contributed by atoms with Crippen molar-refractivity contribution in [3.8, 4) is 11.3 Å². The molecule has 1 heterocycles. The van der Waals surface area contributed by atoms with Gasteiger partial charge in [-0.2, -0.15) is 0 Å². The van der Waals surface area contributed by atoms with E-state index in [0.29, 0.717) is 11.3 Å². The Morgan fingerprint density at radius 1 is 0.839 bits per heavy atom. The highest BCUT2D eigenvalue weighted by molar-refractivity contribution is 7.10. The number of rotatable bonds is 6.